The predicted octanol–water partition coefficient (Wildman–Crippen LogP) is 3.00. The van der Waals surface area contributed by atoms with E-state index < -0.39 is 23.7 Å². The van der Waals surface area contributed by atoms with E-state index in [9.17, 15) is 14.4 Å². The zero-order valence-electron chi connectivity index (χ0n) is 16.6. The van der Waals surface area contributed by atoms with Gasteiger partial charge in [0.25, 0.3) is 0 Å². The monoisotopic (exact) mass is 371 g/mol. The Labute approximate surface area is 156 Å². The van der Waals surface area contributed by atoms with Gasteiger partial charge in [0.1, 0.15) is 17.4 Å². The summed E-state index contributed by atoms with van der Waals surface area (Å²) in [5.41, 5.74) is -0.665. The average molecular weight is 371 g/mol. The molecular formula is C19H33NO6. The van der Waals surface area contributed by atoms with Gasteiger partial charge in [-0.3, -0.25) is 4.79 Å². The van der Waals surface area contributed by atoms with Gasteiger partial charge in [-0.2, -0.15) is 0 Å². The number of carbonyl (C=O) groups is 3. The molecule has 1 amide bonds. The molecule has 0 aliphatic heterocycles. The Morgan fingerprint density at radius 1 is 1.08 bits per heavy atom. The molecule has 1 aliphatic rings. The molecule has 7 heteroatoms. The second-order valence-electron chi connectivity index (χ2n) is 7.88. The molecule has 0 aromatic heterocycles. The van der Waals surface area contributed by atoms with Crippen molar-refractivity contribution in [1.82, 2.24) is 5.32 Å². The molecule has 26 heavy (non-hydrogen) atoms. The lowest BCUT2D eigenvalue weighted by Gasteiger charge is -2.27. The summed E-state index contributed by atoms with van der Waals surface area (Å²) < 4.78 is 15.2. The first-order valence-electron chi connectivity index (χ1n) is 9.26. The molecule has 0 bridgehead atoms. The van der Waals surface area contributed by atoms with Crippen LogP contribution in [0.3, 0.4) is 0 Å². The van der Waals surface area contributed by atoms with E-state index in [1.165, 1.54) is 7.11 Å². The van der Waals surface area contributed by atoms with Crippen molar-refractivity contribution in [3.8, 4) is 0 Å². The topological polar surface area (TPSA) is 90.9 Å². The van der Waals surface area contributed by atoms with Crippen LogP contribution in [0.1, 0.15) is 65.7 Å². The normalized spacial score (nSPS) is 21.6. The van der Waals surface area contributed by atoms with Gasteiger partial charge in [0.2, 0.25) is 0 Å². The highest BCUT2D eigenvalue weighted by atomic mass is 16.6. The van der Waals surface area contributed by atoms with Crippen LogP contribution in [0.25, 0.3) is 0 Å². The van der Waals surface area contributed by atoms with Gasteiger partial charge in [-0.05, 0) is 58.8 Å². The second-order valence-corrected chi connectivity index (χ2v) is 7.88. The molecule has 0 aromatic rings. The summed E-state index contributed by atoms with van der Waals surface area (Å²) in [6.45, 7) is 5.21. The molecule has 0 heterocycles. The molecule has 0 unspecified atom stereocenters. The van der Waals surface area contributed by atoms with Crippen LogP contribution in [-0.4, -0.2) is 49.8 Å². The highest BCUT2D eigenvalue weighted by molar-refractivity contribution is 5.83. The summed E-state index contributed by atoms with van der Waals surface area (Å²) in [6, 6.07) is -0.886. The first-order valence-corrected chi connectivity index (χ1v) is 9.26. The Hall–Kier alpha value is -1.63. The van der Waals surface area contributed by atoms with Crippen molar-refractivity contribution in [2.45, 2.75) is 83.5 Å². The lowest BCUT2D eigenvalue weighted by molar-refractivity contribution is -0.143. The third-order valence-corrected chi connectivity index (χ3v) is 4.53. The number of esters is 1. The molecule has 1 rings (SSSR count). The number of hydrogen-bond donors (Lipinski definition) is 1. The number of carbonyl (C=O) groups excluding carboxylic acids is 3. The molecular weight excluding hydrogens is 338 g/mol. The van der Waals surface area contributed by atoms with E-state index in [1.807, 2.05) is 0 Å². The van der Waals surface area contributed by atoms with Crippen molar-refractivity contribution in [1.29, 1.82) is 0 Å². The van der Waals surface area contributed by atoms with Gasteiger partial charge in [0.05, 0.1) is 13.2 Å². The number of Topliss-reactive ketones (excluding diaryl/α,β-unsaturated/α-hetero) is 1. The number of ketones is 1. The smallest absolute Gasteiger partial charge is 0.408 e. The van der Waals surface area contributed by atoms with Gasteiger partial charge in [0.15, 0.2) is 0 Å². The van der Waals surface area contributed by atoms with E-state index in [-0.39, 0.29) is 18.6 Å². The summed E-state index contributed by atoms with van der Waals surface area (Å²) >= 11 is 0. The Morgan fingerprint density at radius 2 is 1.69 bits per heavy atom. The zero-order chi connectivity index (χ0) is 19.7. The number of methoxy groups -OCH3 is 2. The van der Waals surface area contributed by atoms with E-state index in [0.29, 0.717) is 18.4 Å². The third kappa shape index (κ3) is 8.65. The summed E-state index contributed by atoms with van der Waals surface area (Å²) in [7, 11) is 2.98. The first-order chi connectivity index (χ1) is 12.1. The van der Waals surface area contributed by atoms with Crippen LogP contribution in [0.15, 0.2) is 0 Å². The molecule has 150 valence electrons. The number of nitrogens with one attached hydrogen (secondary N) is 1. The van der Waals surface area contributed by atoms with Crippen molar-refractivity contribution >= 4 is 17.8 Å². The van der Waals surface area contributed by atoms with Crippen LogP contribution in [0.2, 0.25) is 0 Å². The van der Waals surface area contributed by atoms with E-state index in [1.54, 1.807) is 27.9 Å². The fraction of sp³-hybridized carbons (Fsp3) is 0.842. The minimum atomic E-state index is -0.886. The summed E-state index contributed by atoms with van der Waals surface area (Å²) in [5.74, 6) is -0.0979. The van der Waals surface area contributed by atoms with E-state index in [2.05, 4.69) is 5.32 Å². The number of ether oxygens (including phenoxy) is 3. The highest BCUT2D eigenvalue weighted by Gasteiger charge is 2.27. The number of alkyl carbamates (subject to hydrolysis) is 1. The Balaban J connectivity index is 2.44. The van der Waals surface area contributed by atoms with Crippen molar-refractivity contribution in [2.24, 2.45) is 5.92 Å². The Morgan fingerprint density at radius 3 is 2.19 bits per heavy atom. The quantitative estimate of drug-likeness (QED) is 0.660. The lowest BCUT2D eigenvalue weighted by Crippen LogP contribution is -2.44. The van der Waals surface area contributed by atoms with Gasteiger partial charge >= 0.3 is 12.1 Å². The van der Waals surface area contributed by atoms with Crippen molar-refractivity contribution in [2.75, 3.05) is 14.2 Å². The minimum absolute atomic E-state index is 0.103. The standard InChI is InChI=1S/C19H33NO6/c1-19(2,3)26-18(23)20-16(17(22)25-5)11-8-14(21)12-13-6-9-15(24-4)10-7-13/h13,15-16H,6-12H2,1-5H3,(H,20,23)/t13?,15?,16-/m1/s1. The molecule has 1 aliphatic carbocycles. The SMILES string of the molecule is COC(=O)[C@@H](CCC(=O)CC1CCC(OC)CC1)NC(=O)OC(C)(C)C. The molecule has 1 atom stereocenters. The average Bonchev–Trinajstić information content (AvgIpc) is 2.57. The van der Waals surface area contributed by atoms with Gasteiger partial charge < -0.3 is 19.5 Å². The maximum atomic E-state index is 12.3. The molecule has 1 fully saturated rings. The van der Waals surface area contributed by atoms with Gasteiger partial charge in [0, 0.05) is 20.0 Å². The third-order valence-electron chi connectivity index (χ3n) is 4.53. The molecule has 1 N–H and O–H groups in total. The minimum Gasteiger partial charge on any atom is -0.467 e. The van der Waals surface area contributed by atoms with Crippen LogP contribution in [-0.2, 0) is 23.8 Å². The number of hydrogen-bond acceptors (Lipinski definition) is 6. The van der Waals surface area contributed by atoms with E-state index >= 15 is 0 Å². The highest BCUT2D eigenvalue weighted by Crippen LogP contribution is 2.28. The maximum absolute atomic E-state index is 12.3. The second kappa shape index (κ2) is 10.5. The largest absolute Gasteiger partial charge is 0.467 e. The molecule has 0 radical (unpaired) electrons. The van der Waals surface area contributed by atoms with Crippen LogP contribution in [0, 0.1) is 5.92 Å². The van der Waals surface area contributed by atoms with Crippen molar-refractivity contribution < 1.29 is 28.6 Å². The zero-order valence-corrected chi connectivity index (χ0v) is 16.6. The fourth-order valence-corrected chi connectivity index (χ4v) is 3.14. The van der Waals surface area contributed by atoms with Crippen LogP contribution < -0.4 is 5.32 Å². The molecule has 0 aromatic carbocycles. The van der Waals surface area contributed by atoms with Crippen LogP contribution in [0.4, 0.5) is 4.79 Å². The Kier molecular flexibility index (Phi) is 9.05. The summed E-state index contributed by atoms with van der Waals surface area (Å²) in [6.07, 6.45) is 4.50. The molecule has 1 saturated carbocycles. The molecule has 7 nitrogen and oxygen atoms in total. The first kappa shape index (κ1) is 22.4. The van der Waals surface area contributed by atoms with Gasteiger partial charge in [-0.25, -0.2) is 9.59 Å². The van der Waals surface area contributed by atoms with Crippen LogP contribution >= 0.6 is 0 Å². The molecule has 0 spiro atoms. The lowest BCUT2D eigenvalue weighted by atomic mass is 9.83. The fourth-order valence-electron chi connectivity index (χ4n) is 3.14. The van der Waals surface area contributed by atoms with Crippen molar-refractivity contribution in [3.63, 3.8) is 0 Å². The summed E-state index contributed by atoms with van der Waals surface area (Å²) in [4.78, 5) is 36.0. The van der Waals surface area contributed by atoms with E-state index in [4.69, 9.17) is 14.2 Å². The van der Waals surface area contributed by atoms with E-state index in [0.717, 1.165) is 25.7 Å². The van der Waals surface area contributed by atoms with Crippen molar-refractivity contribution in [3.05, 3.63) is 0 Å². The van der Waals surface area contributed by atoms with Gasteiger partial charge in [-0.1, -0.05) is 0 Å². The molecule has 0 saturated heterocycles. The Bertz CT molecular complexity index is 477. The van der Waals surface area contributed by atoms with Gasteiger partial charge in [-0.15, -0.1) is 0 Å². The summed E-state index contributed by atoms with van der Waals surface area (Å²) in [5, 5.41) is 2.49. The van der Waals surface area contributed by atoms with Crippen LogP contribution in [0.5, 0.6) is 0 Å². The number of amides is 1. The number of rotatable bonds is 8. The maximum Gasteiger partial charge on any atom is 0.408 e. The predicted molar refractivity (Wildman–Crippen MR) is 96.8 cm³/mol.